The van der Waals surface area contributed by atoms with E-state index in [2.05, 4.69) is 19.2 Å². The van der Waals surface area contributed by atoms with Crippen molar-refractivity contribution < 1.29 is 8.42 Å². The average Bonchev–Trinajstić information content (AvgIpc) is 2.41. The van der Waals surface area contributed by atoms with E-state index in [0.29, 0.717) is 6.04 Å². The topological polar surface area (TPSA) is 46.2 Å². The predicted octanol–water partition coefficient (Wildman–Crippen LogP) is 1.08. The Morgan fingerprint density at radius 3 is 2.46 bits per heavy atom. The molecule has 13 heavy (non-hydrogen) atoms. The second-order valence-electron chi connectivity index (χ2n) is 3.44. The Bertz CT molecular complexity index is 278. The third-order valence-electron chi connectivity index (χ3n) is 2.37. The summed E-state index contributed by atoms with van der Waals surface area (Å²) in [4.78, 5) is 0. The minimum atomic E-state index is -2.90. The van der Waals surface area contributed by atoms with Crippen LogP contribution in [0.3, 0.4) is 0 Å². The highest BCUT2D eigenvalue weighted by Crippen LogP contribution is 2.10. The van der Waals surface area contributed by atoms with Crippen LogP contribution >= 0.6 is 0 Å². The summed E-state index contributed by atoms with van der Waals surface area (Å²) in [6.45, 7) is 4.21. The number of rotatable bonds is 4. The van der Waals surface area contributed by atoms with Gasteiger partial charge in [-0.3, -0.25) is 0 Å². The molecule has 0 aliphatic carbocycles. The maximum Gasteiger partial charge on any atom is 0.173 e. The Morgan fingerprint density at radius 2 is 2.08 bits per heavy atom. The maximum absolute atomic E-state index is 11.1. The molecule has 0 radical (unpaired) electrons. The molecule has 0 spiro atoms. The largest absolute Gasteiger partial charge is 0.307 e. The van der Waals surface area contributed by atoms with Crippen LogP contribution in [0.1, 0.15) is 26.7 Å². The molecule has 0 fully saturated rings. The lowest BCUT2D eigenvalue weighted by molar-refractivity contribution is 0.462. The van der Waals surface area contributed by atoms with Gasteiger partial charge in [0.2, 0.25) is 0 Å². The molecule has 0 aromatic heterocycles. The van der Waals surface area contributed by atoms with E-state index in [0.717, 1.165) is 12.8 Å². The molecule has 1 atom stereocenters. The first-order valence-corrected chi connectivity index (χ1v) is 6.46. The third-order valence-corrected chi connectivity index (χ3v) is 3.76. The second-order valence-corrected chi connectivity index (χ2v) is 5.38. The van der Waals surface area contributed by atoms with Gasteiger partial charge in [0.15, 0.2) is 9.84 Å². The summed E-state index contributed by atoms with van der Waals surface area (Å²) in [6, 6.07) is 0.456. The third kappa shape index (κ3) is 3.12. The lowest BCUT2D eigenvalue weighted by Gasteiger charge is -2.18. The molecule has 4 heteroatoms. The van der Waals surface area contributed by atoms with Crippen LogP contribution in [0.5, 0.6) is 0 Å². The molecule has 1 rings (SSSR count). The van der Waals surface area contributed by atoms with Crippen LogP contribution in [0.2, 0.25) is 0 Å². The molecule has 0 bridgehead atoms. The molecule has 0 saturated carbocycles. The van der Waals surface area contributed by atoms with Crippen LogP contribution < -0.4 is 5.32 Å². The van der Waals surface area contributed by atoms with Gasteiger partial charge in [0.1, 0.15) is 0 Å². The predicted molar refractivity (Wildman–Crippen MR) is 54.2 cm³/mol. The van der Waals surface area contributed by atoms with Gasteiger partial charge in [-0.05, 0) is 12.8 Å². The number of sulfone groups is 1. The quantitative estimate of drug-likeness (QED) is 0.743. The highest BCUT2D eigenvalue weighted by atomic mass is 32.2. The zero-order valence-electron chi connectivity index (χ0n) is 8.16. The van der Waals surface area contributed by atoms with Crippen LogP contribution in [0.15, 0.2) is 11.5 Å². The Hall–Kier alpha value is -0.350. The second kappa shape index (κ2) is 4.24. The molecular weight excluding hydrogens is 186 g/mol. The zero-order chi connectivity index (χ0) is 9.90. The molecule has 0 aromatic carbocycles. The molecule has 1 heterocycles. The van der Waals surface area contributed by atoms with Gasteiger partial charge in [-0.2, -0.15) is 0 Å². The first-order valence-electron chi connectivity index (χ1n) is 4.74. The smallest absolute Gasteiger partial charge is 0.173 e. The van der Waals surface area contributed by atoms with E-state index >= 15 is 0 Å². The van der Waals surface area contributed by atoms with E-state index < -0.39 is 9.84 Å². The minimum absolute atomic E-state index is 0.0231. The summed E-state index contributed by atoms with van der Waals surface area (Å²) >= 11 is 0. The molecule has 1 aliphatic heterocycles. The van der Waals surface area contributed by atoms with E-state index in [1.807, 2.05) is 0 Å². The zero-order valence-corrected chi connectivity index (χ0v) is 8.97. The van der Waals surface area contributed by atoms with Crippen LogP contribution in [0.4, 0.5) is 0 Å². The van der Waals surface area contributed by atoms with Gasteiger partial charge < -0.3 is 5.32 Å². The van der Waals surface area contributed by atoms with Gasteiger partial charge in [0.25, 0.3) is 0 Å². The normalized spacial score (nSPS) is 25.6. The van der Waals surface area contributed by atoms with Crippen molar-refractivity contribution >= 4 is 9.84 Å². The van der Waals surface area contributed by atoms with E-state index in [9.17, 15) is 8.42 Å². The molecule has 76 valence electrons. The summed E-state index contributed by atoms with van der Waals surface area (Å²) in [5.74, 6) is 0.226. The monoisotopic (exact) mass is 203 g/mol. The van der Waals surface area contributed by atoms with Crippen molar-refractivity contribution in [1.29, 1.82) is 0 Å². The fourth-order valence-electron chi connectivity index (χ4n) is 1.51. The minimum Gasteiger partial charge on any atom is -0.307 e. The fourth-order valence-corrected chi connectivity index (χ4v) is 2.75. The highest BCUT2D eigenvalue weighted by molar-refractivity contribution is 7.94. The lowest BCUT2D eigenvalue weighted by Crippen LogP contribution is -2.38. The van der Waals surface area contributed by atoms with E-state index in [1.54, 1.807) is 6.08 Å². The van der Waals surface area contributed by atoms with Crippen molar-refractivity contribution in [2.45, 2.75) is 38.8 Å². The summed E-state index contributed by atoms with van der Waals surface area (Å²) in [5.41, 5.74) is 0. The van der Waals surface area contributed by atoms with Crippen LogP contribution in [-0.2, 0) is 9.84 Å². The van der Waals surface area contributed by atoms with Gasteiger partial charge in [-0.25, -0.2) is 8.42 Å². The fraction of sp³-hybridized carbons (Fsp3) is 0.778. The van der Waals surface area contributed by atoms with Crippen molar-refractivity contribution in [2.24, 2.45) is 0 Å². The van der Waals surface area contributed by atoms with E-state index in [1.165, 1.54) is 5.41 Å². The molecular formula is C9H17NO2S. The van der Waals surface area contributed by atoms with Crippen molar-refractivity contribution in [2.75, 3.05) is 5.75 Å². The molecule has 0 aromatic rings. The number of hydrogen-bond donors (Lipinski definition) is 1. The van der Waals surface area contributed by atoms with Gasteiger partial charge in [-0.1, -0.05) is 19.9 Å². The lowest BCUT2D eigenvalue weighted by atomic mass is 10.1. The standard InChI is InChI=1S/C9H17NO2S/c1-3-8(4-2)10-9-5-6-13(11,12)7-9/h5-6,8-10H,3-4,7H2,1-2H3/t9-/m0/s1. The van der Waals surface area contributed by atoms with Gasteiger partial charge in [0.05, 0.1) is 5.75 Å². The summed E-state index contributed by atoms with van der Waals surface area (Å²) in [6.07, 6.45) is 3.83. The van der Waals surface area contributed by atoms with Crippen molar-refractivity contribution in [1.82, 2.24) is 5.32 Å². The Balaban J connectivity index is 2.45. The summed E-state index contributed by atoms with van der Waals surface area (Å²) in [7, 11) is -2.90. The van der Waals surface area contributed by atoms with Crippen molar-refractivity contribution in [3.05, 3.63) is 11.5 Å². The van der Waals surface area contributed by atoms with Gasteiger partial charge in [-0.15, -0.1) is 0 Å². The van der Waals surface area contributed by atoms with Crippen molar-refractivity contribution in [3.63, 3.8) is 0 Å². The molecule has 0 amide bonds. The molecule has 3 nitrogen and oxygen atoms in total. The van der Waals surface area contributed by atoms with Gasteiger partial charge >= 0.3 is 0 Å². The van der Waals surface area contributed by atoms with Crippen LogP contribution in [-0.4, -0.2) is 26.3 Å². The molecule has 0 unspecified atom stereocenters. The summed E-state index contributed by atoms with van der Waals surface area (Å²) in [5, 5.41) is 4.62. The van der Waals surface area contributed by atoms with Crippen molar-refractivity contribution in [3.8, 4) is 0 Å². The molecule has 1 aliphatic rings. The SMILES string of the molecule is CCC(CC)N[C@H]1C=CS(=O)(=O)C1. The highest BCUT2D eigenvalue weighted by Gasteiger charge is 2.22. The average molecular weight is 203 g/mol. The molecule has 0 saturated heterocycles. The summed E-state index contributed by atoms with van der Waals surface area (Å²) < 4.78 is 22.1. The number of nitrogens with one attached hydrogen (secondary N) is 1. The first kappa shape index (κ1) is 10.7. The Kier molecular flexibility index (Phi) is 3.50. The van der Waals surface area contributed by atoms with Gasteiger partial charge in [0, 0.05) is 17.5 Å². The maximum atomic E-state index is 11.1. The molecule has 1 N–H and O–H groups in total. The van der Waals surface area contributed by atoms with Crippen LogP contribution in [0.25, 0.3) is 0 Å². The number of hydrogen-bond acceptors (Lipinski definition) is 3. The first-order chi connectivity index (χ1) is 6.07. The van der Waals surface area contributed by atoms with E-state index in [4.69, 9.17) is 0 Å². The van der Waals surface area contributed by atoms with Crippen LogP contribution in [0, 0.1) is 0 Å². The van der Waals surface area contributed by atoms with E-state index in [-0.39, 0.29) is 11.8 Å². The Morgan fingerprint density at radius 1 is 1.46 bits per heavy atom. The Labute approximate surface area is 80.1 Å².